The van der Waals surface area contributed by atoms with Crippen molar-refractivity contribution in [1.82, 2.24) is 0 Å². The molecule has 90 valence electrons. The molecule has 0 radical (unpaired) electrons. The number of carbonyl (C=O) groups excluding carboxylic acids is 1. The van der Waals surface area contributed by atoms with Gasteiger partial charge in [-0.2, -0.15) is 0 Å². The van der Waals surface area contributed by atoms with Crippen LogP contribution in [0, 0.1) is 5.92 Å². The second-order valence-electron chi connectivity index (χ2n) is 4.28. The Bertz CT molecular complexity index is 189. The minimum Gasteiger partial charge on any atom is -0.368 e. The number of rotatable bonds is 8. The Hall–Kier alpha value is -0.370. The van der Waals surface area contributed by atoms with E-state index < -0.39 is 5.60 Å². The van der Waals surface area contributed by atoms with Crippen molar-refractivity contribution in [3.63, 3.8) is 0 Å². The molecule has 2 heteroatoms. The van der Waals surface area contributed by atoms with E-state index in [1.54, 1.807) is 0 Å². The molecule has 0 aromatic heterocycles. The van der Waals surface area contributed by atoms with E-state index >= 15 is 0 Å². The Balaban J connectivity index is 4.71. The van der Waals surface area contributed by atoms with Crippen LogP contribution in [0.4, 0.5) is 0 Å². The van der Waals surface area contributed by atoms with E-state index in [2.05, 4.69) is 13.8 Å². The Kier molecular flexibility index (Phi) is 6.82. The monoisotopic (exact) mass is 214 g/mol. The van der Waals surface area contributed by atoms with Crippen LogP contribution >= 0.6 is 0 Å². The molecule has 0 rings (SSSR count). The first-order chi connectivity index (χ1) is 7.06. The fourth-order valence-corrected chi connectivity index (χ4v) is 2.00. The molecule has 0 fully saturated rings. The highest BCUT2D eigenvalue weighted by Gasteiger charge is 2.36. The van der Waals surface area contributed by atoms with Crippen LogP contribution in [-0.2, 0) is 9.53 Å². The maximum absolute atomic E-state index is 12.0. The third-order valence-corrected chi connectivity index (χ3v) is 3.20. The average molecular weight is 214 g/mol. The Morgan fingerprint density at radius 2 is 1.87 bits per heavy atom. The van der Waals surface area contributed by atoms with Gasteiger partial charge in [-0.05, 0) is 25.7 Å². The zero-order valence-electron chi connectivity index (χ0n) is 10.9. The van der Waals surface area contributed by atoms with Crippen LogP contribution in [0.25, 0.3) is 0 Å². The van der Waals surface area contributed by atoms with Gasteiger partial charge in [-0.3, -0.25) is 4.79 Å². The van der Waals surface area contributed by atoms with Gasteiger partial charge in [0, 0.05) is 13.0 Å². The summed E-state index contributed by atoms with van der Waals surface area (Å²) in [6, 6.07) is 0. The molecule has 0 saturated heterocycles. The van der Waals surface area contributed by atoms with Crippen molar-refractivity contribution in [2.24, 2.45) is 5.92 Å². The molecule has 0 amide bonds. The first-order valence-corrected chi connectivity index (χ1v) is 6.23. The highest BCUT2D eigenvalue weighted by molar-refractivity contribution is 5.87. The van der Waals surface area contributed by atoms with Gasteiger partial charge in [0.15, 0.2) is 5.78 Å². The Labute approximate surface area is 94.4 Å². The Morgan fingerprint density at radius 3 is 2.20 bits per heavy atom. The van der Waals surface area contributed by atoms with Crippen LogP contribution in [0.1, 0.15) is 60.3 Å². The van der Waals surface area contributed by atoms with E-state index in [0.29, 0.717) is 18.9 Å². The van der Waals surface area contributed by atoms with Gasteiger partial charge in [-0.25, -0.2) is 0 Å². The SMILES string of the molecule is CCOC(CC)(CC(C)CC)C(=O)CC. The van der Waals surface area contributed by atoms with Gasteiger partial charge in [0.2, 0.25) is 0 Å². The van der Waals surface area contributed by atoms with Gasteiger partial charge in [-0.1, -0.05) is 34.1 Å². The zero-order valence-corrected chi connectivity index (χ0v) is 10.9. The predicted molar refractivity (Wildman–Crippen MR) is 64.0 cm³/mol. The van der Waals surface area contributed by atoms with Crippen LogP contribution in [0.5, 0.6) is 0 Å². The lowest BCUT2D eigenvalue weighted by Gasteiger charge is -2.33. The molecular formula is C13H26O2. The molecule has 2 unspecified atom stereocenters. The second-order valence-corrected chi connectivity index (χ2v) is 4.28. The van der Waals surface area contributed by atoms with Crippen LogP contribution in [-0.4, -0.2) is 18.0 Å². The summed E-state index contributed by atoms with van der Waals surface area (Å²) in [5, 5.41) is 0. The van der Waals surface area contributed by atoms with Crippen LogP contribution in [0.15, 0.2) is 0 Å². The highest BCUT2D eigenvalue weighted by atomic mass is 16.5. The third kappa shape index (κ3) is 3.94. The fourth-order valence-electron chi connectivity index (χ4n) is 2.00. The zero-order chi connectivity index (χ0) is 11.9. The average Bonchev–Trinajstić information content (AvgIpc) is 2.26. The lowest BCUT2D eigenvalue weighted by atomic mass is 9.83. The normalized spacial score (nSPS) is 17.1. The number of carbonyl (C=O) groups is 1. The molecule has 0 heterocycles. The summed E-state index contributed by atoms with van der Waals surface area (Å²) in [5.74, 6) is 0.805. The van der Waals surface area contributed by atoms with Crippen LogP contribution < -0.4 is 0 Å². The standard InChI is InChI=1S/C13H26O2/c1-6-11(5)10-13(8-3,15-9-4)12(14)7-2/h11H,6-10H2,1-5H3. The van der Waals surface area contributed by atoms with Crippen molar-refractivity contribution >= 4 is 5.78 Å². The van der Waals surface area contributed by atoms with E-state index in [1.165, 1.54) is 0 Å². The molecule has 0 bridgehead atoms. The van der Waals surface area contributed by atoms with Crippen molar-refractivity contribution in [1.29, 1.82) is 0 Å². The van der Waals surface area contributed by atoms with Gasteiger partial charge in [0.05, 0.1) is 0 Å². The first kappa shape index (κ1) is 14.6. The van der Waals surface area contributed by atoms with Gasteiger partial charge in [-0.15, -0.1) is 0 Å². The molecule has 0 aliphatic carbocycles. The summed E-state index contributed by atoms with van der Waals surface area (Å²) in [6.45, 7) is 10.9. The maximum Gasteiger partial charge on any atom is 0.164 e. The third-order valence-electron chi connectivity index (χ3n) is 3.20. The smallest absolute Gasteiger partial charge is 0.164 e. The van der Waals surface area contributed by atoms with E-state index in [1.807, 2.05) is 20.8 Å². The minimum atomic E-state index is -0.515. The maximum atomic E-state index is 12.0. The van der Waals surface area contributed by atoms with Crippen molar-refractivity contribution in [3.05, 3.63) is 0 Å². The van der Waals surface area contributed by atoms with Crippen LogP contribution in [0.3, 0.4) is 0 Å². The lowest BCUT2D eigenvalue weighted by molar-refractivity contribution is -0.147. The van der Waals surface area contributed by atoms with E-state index in [-0.39, 0.29) is 5.78 Å². The summed E-state index contributed by atoms with van der Waals surface area (Å²) in [6.07, 6.45) is 3.33. The molecule has 0 saturated carbocycles. The largest absolute Gasteiger partial charge is 0.368 e. The topological polar surface area (TPSA) is 26.3 Å². The molecule has 15 heavy (non-hydrogen) atoms. The summed E-state index contributed by atoms with van der Waals surface area (Å²) in [5.41, 5.74) is -0.515. The highest BCUT2D eigenvalue weighted by Crippen LogP contribution is 2.28. The summed E-state index contributed by atoms with van der Waals surface area (Å²) in [7, 11) is 0. The molecule has 0 aromatic rings. The van der Waals surface area contributed by atoms with Gasteiger partial charge >= 0.3 is 0 Å². The molecule has 0 aliphatic rings. The lowest BCUT2D eigenvalue weighted by Crippen LogP contribution is -2.42. The summed E-state index contributed by atoms with van der Waals surface area (Å²) in [4.78, 5) is 12.0. The molecular weight excluding hydrogens is 188 g/mol. The number of ketones is 1. The van der Waals surface area contributed by atoms with E-state index in [4.69, 9.17) is 4.74 Å². The number of Topliss-reactive ketones (excluding diaryl/α,β-unsaturated/α-hetero) is 1. The van der Waals surface area contributed by atoms with E-state index in [0.717, 1.165) is 19.3 Å². The number of ether oxygens (including phenoxy) is 1. The molecule has 0 aliphatic heterocycles. The van der Waals surface area contributed by atoms with Gasteiger partial charge < -0.3 is 4.74 Å². The second kappa shape index (κ2) is 7.00. The minimum absolute atomic E-state index is 0.257. The molecule has 0 N–H and O–H groups in total. The quantitative estimate of drug-likeness (QED) is 0.617. The van der Waals surface area contributed by atoms with Crippen LogP contribution in [0.2, 0.25) is 0 Å². The van der Waals surface area contributed by atoms with Gasteiger partial charge in [0.25, 0.3) is 0 Å². The van der Waals surface area contributed by atoms with Crippen molar-refractivity contribution in [2.45, 2.75) is 65.9 Å². The number of hydrogen-bond acceptors (Lipinski definition) is 2. The van der Waals surface area contributed by atoms with E-state index in [9.17, 15) is 4.79 Å². The van der Waals surface area contributed by atoms with Gasteiger partial charge in [0.1, 0.15) is 5.60 Å². The summed E-state index contributed by atoms with van der Waals surface area (Å²) < 4.78 is 5.75. The van der Waals surface area contributed by atoms with Crippen molar-refractivity contribution in [2.75, 3.05) is 6.61 Å². The van der Waals surface area contributed by atoms with Crippen molar-refractivity contribution in [3.8, 4) is 0 Å². The fraction of sp³-hybridized carbons (Fsp3) is 0.923. The first-order valence-electron chi connectivity index (χ1n) is 6.23. The molecule has 2 atom stereocenters. The van der Waals surface area contributed by atoms with Crippen molar-refractivity contribution < 1.29 is 9.53 Å². The molecule has 0 spiro atoms. The number of hydrogen-bond donors (Lipinski definition) is 0. The summed E-state index contributed by atoms with van der Waals surface area (Å²) >= 11 is 0. The molecule has 0 aromatic carbocycles. The Morgan fingerprint density at radius 1 is 1.27 bits per heavy atom. The molecule has 2 nitrogen and oxygen atoms in total. The predicted octanol–water partition coefficient (Wildman–Crippen LogP) is 3.59.